The van der Waals surface area contributed by atoms with Gasteiger partial charge in [-0.3, -0.25) is 9.10 Å². The lowest BCUT2D eigenvalue weighted by Gasteiger charge is -2.24. The Morgan fingerprint density at radius 3 is 2.57 bits per heavy atom. The van der Waals surface area contributed by atoms with E-state index in [1.807, 2.05) is 35.4 Å². The van der Waals surface area contributed by atoms with Gasteiger partial charge in [0, 0.05) is 24.0 Å². The van der Waals surface area contributed by atoms with Gasteiger partial charge in [0.1, 0.15) is 0 Å². The third-order valence-corrected chi connectivity index (χ3v) is 8.28. The van der Waals surface area contributed by atoms with Crippen molar-refractivity contribution < 1.29 is 13.2 Å². The summed E-state index contributed by atoms with van der Waals surface area (Å²) in [5.74, 6) is -0.124. The Morgan fingerprint density at radius 1 is 1.10 bits per heavy atom. The Hall–Kier alpha value is -2.64. The quantitative estimate of drug-likeness (QED) is 0.569. The summed E-state index contributed by atoms with van der Waals surface area (Å²) in [6.45, 7) is 2.64. The van der Waals surface area contributed by atoms with Crippen molar-refractivity contribution in [1.29, 1.82) is 0 Å². The molecule has 3 aromatic rings. The third-order valence-electron chi connectivity index (χ3n) is 5.52. The van der Waals surface area contributed by atoms with Gasteiger partial charge in [0.15, 0.2) is 0 Å². The molecular formula is C23H24N2O3S2. The largest absolute Gasteiger partial charge is 0.331 e. The van der Waals surface area contributed by atoms with Crippen LogP contribution in [0, 0.1) is 6.92 Å². The van der Waals surface area contributed by atoms with Crippen LogP contribution in [0.2, 0.25) is 0 Å². The number of benzene rings is 2. The predicted octanol–water partition coefficient (Wildman–Crippen LogP) is 4.86. The van der Waals surface area contributed by atoms with Crippen molar-refractivity contribution in [3.63, 3.8) is 0 Å². The molecular weight excluding hydrogens is 416 g/mol. The number of aryl methyl sites for hydroxylation is 1. The van der Waals surface area contributed by atoms with Crippen LogP contribution in [-0.2, 0) is 10.0 Å². The number of thiophene rings is 1. The topological polar surface area (TPSA) is 57.7 Å². The van der Waals surface area contributed by atoms with E-state index < -0.39 is 10.0 Å². The molecule has 0 bridgehead atoms. The molecule has 156 valence electrons. The molecule has 1 aliphatic rings. The zero-order chi connectivity index (χ0) is 21.3. The van der Waals surface area contributed by atoms with Gasteiger partial charge < -0.3 is 4.90 Å². The van der Waals surface area contributed by atoms with Crippen LogP contribution in [0.25, 0.3) is 0 Å². The van der Waals surface area contributed by atoms with Crippen molar-refractivity contribution in [2.24, 2.45) is 0 Å². The molecule has 2 heterocycles. The molecule has 0 aliphatic carbocycles. The Bertz CT molecular complexity index is 1140. The molecule has 4 rings (SSSR count). The Kier molecular flexibility index (Phi) is 5.66. The van der Waals surface area contributed by atoms with Crippen molar-refractivity contribution in [2.75, 3.05) is 17.9 Å². The van der Waals surface area contributed by atoms with Crippen LogP contribution >= 0.6 is 11.3 Å². The van der Waals surface area contributed by atoms with E-state index in [9.17, 15) is 13.2 Å². The summed E-state index contributed by atoms with van der Waals surface area (Å²) in [5.41, 5.74) is 2.04. The first-order chi connectivity index (χ1) is 14.4. The minimum absolute atomic E-state index is 0.0630. The summed E-state index contributed by atoms with van der Waals surface area (Å²) >= 11 is 1.65. The first-order valence-electron chi connectivity index (χ1n) is 9.88. The van der Waals surface area contributed by atoms with Crippen LogP contribution in [0.3, 0.4) is 0 Å². The van der Waals surface area contributed by atoms with Gasteiger partial charge in [-0.25, -0.2) is 8.42 Å². The maximum atomic E-state index is 13.2. The number of amides is 1. The zero-order valence-electron chi connectivity index (χ0n) is 17.0. The van der Waals surface area contributed by atoms with Crippen LogP contribution < -0.4 is 4.31 Å². The number of likely N-dealkylation sites (tertiary alicyclic amines) is 1. The summed E-state index contributed by atoms with van der Waals surface area (Å²) < 4.78 is 27.6. The van der Waals surface area contributed by atoms with Gasteiger partial charge in [-0.05, 0) is 61.5 Å². The lowest BCUT2D eigenvalue weighted by Crippen LogP contribution is -2.31. The molecule has 1 aromatic heterocycles. The van der Waals surface area contributed by atoms with E-state index in [1.165, 1.54) is 28.4 Å². The average molecular weight is 441 g/mol. The third kappa shape index (κ3) is 3.87. The Labute approximate surface area is 181 Å². The summed E-state index contributed by atoms with van der Waals surface area (Å²) in [6, 6.07) is 17.8. The molecule has 7 heteroatoms. The zero-order valence-corrected chi connectivity index (χ0v) is 18.6. The lowest BCUT2D eigenvalue weighted by molar-refractivity contribution is 0.0737. The smallest absolute Gasteiger partial charge is 0.264 e. The molecule has 30 heavy (non-hydrogen) atoms. The molecule has 1 saturated heterocycles. The highest BCUT2D eigenvalue weighted by Gasteiger charge is 2.32. The fraction of sp³-hybridized carbons (Fsp3) is 0.261. The molecule has 0 N–H and O–H groups in total. The average Bonchev–Trinajstić information content (AvgIpc) is 3.45. The predicted molar refractivity (Wildman–Crippen MR) is 121 cm³/mol. The van der Waals surface area contributed by atoms with Crippen molar-refractivity contribution in [3.8, 4) is 0 Å². The highest BCUT2D eigenvalue weighted by Crippen LogP contribution is 2.35. The van der Waals surface area contributed by atoms with Gasteiger partial charge in [0.25, 0.3) is 15.9 Å². The number of hydrogen-bond donors (Lipinski definition) is 0. The van der Waals surface area contributed by atoms with Crippen LogP contribution in [0.4, 0.5) is 5.69 Å². The molecule has 0 radical (unpaired) electrons. The standard InChI is InChI=1S/C23H24N2O3S2/c1-17-10-12-19(13-11-17)24(2)30(27,28)20-7-3-6-18(16-20)23(26)25-14-4-8-21(25)22-9-5-15-29-22/h3,5-7,9-13,15-16,21H,4,8,14H2,1-2H3. The van der Waals surface area contributed by atoms with Crippen LogP contribution in [0.5, 0.6) is 0 Å². The second-order valence-corrected chi connectivity index (χ2v) is 10.5. The van der Waals surface area contributed by atoms with E-state index >= 15 is 0 Å². The minimum Gasteiger partial charge on any atom is -0.331 e. The van der Waals surface area contributed by atoms with Gasteiger partial charge in [-0.15, -0.1) is 11.3 Å². The van der Waals surface area contributed by atoms with Gasteiger partial charge in [0.2, 0.25) is 0 Å². The molecule has 1 fully saturated rings. The van der Waals surface area contributed by atoms with Crippen molar-refractivity contribution >= 4 is 33.0 Å². The van der Waals surface area contributed by atoms with Gasteiger partial charge in [-0.1, -0.05) is 29.8 Å². The summed E-state index contributed by atoms with van der Waals surface area (Å²) in [4.78, 5) is 16.4. The van der Waals surface area contributed by atoms with Crippen molar-refractivity contribution in [3.05, 3.63) is 82.0 Å². The molecule has 2 aromatic carbocycles. The van der Waals surface area contributed by atoms with E-state index in [2.05, 4.69) is 6.07 Å². The molecule has 1 atom stereocenters. The molecule has 1 aliphatic heterocycles. The summed E-state index contributed by atoms with van der Waals surface area (Å²) in [6.07, 6.45) is 1.88. The van der Waals surface area contributed by atoms with E-state index in [-0.39, 0.29) is 16.8 Å². The van der Waals surface area contributed by atoms with Crippen LogP contribution in [0.15, 0.2) is 70.9 Å². The number of carbonyl (C=O) groups excluding carboxylic acids is 1. The minimum atomic E-state index is -3.78. The molecule has 0 spiro atoms. The number of anilines is 1. The van der Waals surface area contributed by atoms with Gasteiger partial charge >= 0.3 is 0 Å². The molecule has 0 saturated carbocycles. The van der Waals surface area contributed by atoms with E-state index in [0.717, 1.165) is 18.4 Å². The van der Waals surface area contributed by atoms with E-state index in [0.29, 0.717) is 17.8 Å². The van der Waals surface area contributed by atoms with Gasteiger partial charge in [-0.2, -0.15) is 0 Å². The molecule has 1 amide bonds. The maximum absolute atomic E-state index is 13.2. The fourth-order valence-electron chi connectivity index (χ4n) is 3.79. The first kappa shape index (κ1) is 20.6. The second-order valence-electron chi connectivity index (χ2n) is 7.51. The number of sulfonamides is 1. The summed E-state index contributed by atoms with van der Waals surface area (Å²) in [7, 11) is -2.25. The first-order valence-corrected chi connectivity index (χ1v) is 12.2. The van der Waals surface area contributed by atoms with Crippen molar-refractivity contribution in [2.45, 2.75) is 30.7 Å². The normalized spacial score (nSPS) is 16.6. The highest BCUT2D eigenvalue weighted by molar-refractivity contribution is 7.92. The second kappa shape index (κ2) is 8.24. The Morgan fingerprint density at radius 2 is 1.87 bits per heavy atom. The number of hydrogen-bond acceptors (Lipinski definition) is 4. The van der Waals surface area contributed by atoms with E-state index in [1.54, 1.807) is 35.6 Å². The maximum Gasteiger partial charge on any atom is 0.264 e. The van der Waals surface area contributed by atoms with E-state index in [4.69, 9.17) is 0 Å². The fourth-order valence-corrected chi connectivity index (χ4v) is 5.91. The highest BCUT2D eigenvalue weighted by atomic mass is 32.2. The SMILES string of the molecule is Cc1ccc(N(C)S(=O)(=O)c2cccc(C(=O)N3CCCC3c3cccs3)c2)cc1. The lowest BCUT2D eigenvalue weighted by atomic mass is 10.1. The number of rotatable bonds is 5. The van der Waals surface area contributed by atoms with Gasteiger partial charge in [0.05, 0.1) is 16.6 Å². The number of nitrogens with zero attached hydrogens (tertiary/aromatic N) is 2. The Balaban J connectivity index is 1.62. The van der Waals surface area contributed by atoms with Crippen LogP contribution in [-0.4, -0.2) is 32.8 Å². The molecule has 1 unspecified atom stereocenters. The summed E-state index contributed by atoms with van der Waals surface area (Å²) in [5, 5.41) is 2.02. The molecule has 5 nitrogen and oxygen atoms in total. The van der Waals surface area contributed by atoms with Crippen LogP contribution in [0.1, 0.15) is 39.7 Å². The van der Waals surface area contributed by atoms with Crippen molar-refractivity contribution in [1.82, 2.24) is 4.90 Å². The number of carbonyl (C=O) groups is 1. The monoisotopic (exact) mass is 440 g/mol.